The Morgan fingerprint density at radius 1 is 1.00 bits per heavy atom. The normalized spacial score (nSPS) is 12.9. The second-order valence-corrected chi connectivity index (χ2v) is 9.97. The fourth-order valence-electron chi connectivity index (χ4n) is 3.75. The number of aryl methyl sites for hydroxylation is 1. The first-order valence-electron chi connectivity index (χ1n) is 9.86. The number of sulfone groups is 1. The average Bonchev–Trinajstić information content (AvgIpc) is 3.22. The van der Waals surface area contributed by atoms with E-state index in [2.05, 4.69) is 0 Å². The van der Waals surface area contributed by atoms with Crippen molar-refractivity contribution >= 4 is 32.3 Å². The summed E-state index contributed by atoms with van der Waals surface area (Å²) in [5.41, 5.74) is 1.75. The van der Waals surface area contributed by atoms with Crippen LogP contribution < -0.4 is 14.9 Å². The Hall–Kier alpha value is -3.29. The molecule has 8 heteroatoms. The summed E-state index contributed by atoms with van der Waals surface area (Å²) >= 11 is 6.14. The second-order valence-electron chi connectivity index (χ2n) is 7.62. The van der Waals surface area contributed by atoms with Crippen molar-refractivity contribution < 1.29 is 17.9 Å². The average molecular weight is 468 g/mol. The number of pyridine rings is 1. The van der Waals surface area contributed by atoms with Crippen molar-refractivity contribution in [2.75, 3.05) is 6.79 Å². The molecule has 5 rings (SSSR count). The quantitative estimate of drug-likeness (QED) is 0.439. The predicted octanol–water partition coefficient (Wildman–Crippen LogP) is 4.57. The van der Waals surface area contributed by atoms with Gasteiger partial charge in [0.05, 0.1) is 15.8 Å². The summed E-state index contributed by atoms with van der Waals surface area (Å²) in [7, 11) is -4.05. The Kier molecular flexibility index (Phi) is 4.95. The van der Waals surface area contributed by atoms with Gasteiger partial charge in [-0.3, -0.25) is 4.79 Å². The van der Waals surface area contributed by atoms with Gasteiger partial charge >= 0.3 is 0 Å². The van der Waals surface area contributed by atoms with Gasteiger partial charge < -0.3 is 14.0 Å². The zero-order valence-corrected chi connectivity index (χ0v) is 18.6. The summed E-state index contributed by atoms with van der Waals surface area (Å²) < 4.78 is 39.4. The molecule has 0 amide bonds. The van der Waals surface area contributed by atoms with Crippen molar-refractivity contribution in [3.8, 4) is 11.5 Å². The molecule has 0 bridgehead atoms. The van der Waals surface area contributed by atoms with Gasteiger partial charge in [0.25, 0.3) is 0 Å². The third-order valence-corrected chi connectivity index (χ3v) is 7.40. The van der Waals surface area contributed by atoms with Crippen LogP contribution >= 0.6 is 11.6 Å². The van der Waals surface area contributed by atoms with Crippen LogP contribution in [-0.4, -0.2) is 19.8 Å². The topological polar surface area (TPSA) is 74.6 Å². The molecule has 0 atom stereocenters. The minimum Gasteiger partial charge on any atom is -0.454 e. The lowest BCUT2D eigenvalue weighted by molar-refractivity contribution is 0.174. The molecule has 1 aliphatic heterocycles. The highest BCUT2D eigenvalue weighted by molar-refractivity contribution is 7.91. The highest BCUT2D eigenvalue weighted by atomic mass is 35.5. The molecule has 0 saturated heterocycles. The second kappa shape index (κ2) is 7.69. The summed E-state index contributed by atoms with van der Waals surface area (Å²) in [5, 5.41) is 0.808. The molecule has 2 heterocycles. The lowest BCUT2D eigenvalue weighted by Crippen LogP contribution is -2.19. The van der Waals surface area contributed by atoms with Gasteiger partial charge in [0.2, 0.25) is 22.1 Å². The monoisotopic (exact) mass is 467 g/mol. The number of nitrogens with zero attached hydrogens (tertiary/aromatic N) is 1. The Morgan fingerprint density at radius 3 is 2.44 bits per heavy atom. The van der Waals surface area contributed by atoms with E-state index in [1.54, 1.807) is 41.0 Å². The molecule has 1 aromatic heterocycles. The zero-order chi connectivity index (χ0) is 22.5. The highest BCUT2D eigenvalue weighted by Gasteiger charge is 2.26. The molecule has 162 valence electrons. The molecule has 3 aromatic carbocycles. The van der Waals surface area contributed by atoms with Gasteiger partial charge in [-0.1, -0.05) is 41.4 Å². The smallest absolute Gasteiger partial charge is 0.231 e. The number of halogens is 1. The molecule has 0 saturated carbocycles. The molecule has 0 spiro atoms. The Balaban J connectivity index is 1.77. The van der Waals surface area contributed by atoms with E-state index in [1.807, 2.05) is 19.1 Å². The molecule has 6 nitrogen and oxygen atoms in total. The Morgan fingerprint density at radius 2 is 1.72 bits per heavy atom. The van der Waals surface area contributed by atoms with Crippen LogP contribution in [0.1, 0.15) is 11.1 Å². The summed E-state index contributed by atoms with van der Waals surface area (Å²) in [4.78, 5) is 13.1. The van der Waals surface area contributed by atoms with Gasteiger partial charge in [-0.2, -0.15) is 0 Å². The van der Waals surface area contributed by atoms with Crippen LogP contribution in [0.5, 0.6) is 11.5 Å². The van der Waals surface area contributed by atoms with E-state index >= 15 is 0 Å². The van der Waals surface area contributed by atoms with E-state index in [0.29, 0.717) is 28.6 Å². The summed E-state index contributed by atoms with van der Waals surface area (Å²) in [6.07, 6.45) is 1.39. The molecule has 4 aromatic rings. The summed E-state index contributed by atoms with van der Waals surface area (Å²) in [6.45, 7) is 2.23. The van der Waals surface area contributed by atoms with Crippen molar-refractivity contribution in [3.63, 3.8) is 0 Å². The molecule has 0 aliphatic carbocycles. The molecule has 0 radical (unpaired) electrons. The number of fused-ring (bicyclic) bond motifs is 2. The van der Waals surface area contributed by atoms with E-state index in [-0.39, 0.29) is 22.0 Å². The lowest BCUT2D eigenvalue weighted by Gasteiger charge is -2.15. The van der Waals surface area contributed by atoms with Gasteiger partial charge in [-0.25, -0.2) is 8.42 Å². The standard InChI is InChI=1S/C24H18ClNO5S/c1-15-5-7-18(8-6-15)32(28,29)23-13-26(12-16-3-2-4-17(25)9-16)20-11-22-21(30-14-31-22)10-19(20)24(23)27/h2-11,13H,12,14H2,1H3. The first kappa shape index (κ1) is 20.6. The summed E-state index contributed by atoms with van der Waals surface area (Å²) in [6, 6.07) is 16.9. The molecule has 0 N–H and O–H groups in total. The highest BCUT2D eigenvalue weighted by Crippen LogP contribution is 2.36. The fraction of sp³-hybridized carbons (Fsp3) is 0.125. The van der Waals surface area contributed by atoms with Gasteiger partial charge in [-0.15, -0.1) is 0 Å². The maximum Gasteiger partial charge on any atom is 0.231 e. The van der Waals surface area contributed by atoms with Crippen LogP contribution in [0.15, 0.2) is 81.4 Å². The fourth-order valence-corrected chi connectivity index (χ4v) is 5.33. The van der Waals surface area contributed by atoms with Crippen LogP contribution in [0.2, 0.25) is 5.02 Å². The molecule has 32 heavy (non-hydrogen) atoms. The maximum absolute atomic E-state index is 13.4. The first-order valence-corrected chi connectivity index (χ1v) is 11.7. The minimum absolute atomic E-state index is 0.0443. The lowest BCUT2D eigenvalue weighted by atomic mass is 10.1. The number of hydrogen-bond donors (Lipinski definition) is 0. The largest absolute Gasteiger partial charge is 0.454 e. The molecule has 0 fully saturated rings. The van der Waals surface area contributed by atoms with Crippen LogP contribution in [-0.2, 0) is 16.4 Å². The van der Waals surface area contributed by atoms with E-state index in [0.717, 1.165) is 11.1 Å². The number of hydrogen-bond acceptors (Lipinski definition) is 5. The van der Waals surface area contributed by atoms with Crippen molar-refractivity contribution in [3.05, 3.63) is 93.2 Å². The third-order valence-electron chi connectivity index (χ3n) is 5.40. The molecular weight excluding hydrogens is 450 g/mol. The van der Waals surface area contributed by atoms with Crippen LogP contribution in [0.3, 0.4) is 0 Å². The van der Waals surface area contributed by atoms with Crippen molar-refractivity contribution in [1.29, 1.82) is 0 Å². The number of ether oxygens (including phenoxy) is 2. The molecule has 1 aliphatic rings. The number of aromatic nitrogens is 1. The van der Waals surface area contributed by atoms with Gasteiger partial charge in [0.1, 0.15) is 4.90 Å². The molecular formula is C24H18ClNO5S. The first-order chi connectivity index (χ1) is 15.3. The number of rotatable bonds is 4. The molecule has 0 unspecified atom stereocenters. The van der Waals surface area contributed by atoms with Crippen molar-refractivity contribution in [2.45, 2.75) is 23.3 Å². The Bertz CT molecular complexity index is 1530. The SMILES string of the molecule is Cc1ccc(S(=O)(=O)c2cn(Cc3cccc(Cl)c3)c3cc4c(cc3c2=O)OCO4)cc1. The van der Waals surface area contributed by atoms with Crippen LogP contribution in [0, 0.1) is 6.92 Å². The van der Waals surface area contributed by atoms with E-state index < -0.39 is 15.3 Å². The van der Waals surface area contributed by atoms with Crippen LogP contribution in [0.4, 0.5) is 0 Å². The van der Waals surface area contributed by atoms with E-state index in [1.165, 1.54) is 18.3 Å². The third kappa shape index (κ3) is 3.53. The maximum atomic E-state index is 13.4. The Labute approximate surface area is 189 Å². The predicted molar refractivity (Wildman–Crippen MR) is 122 cm³/mol. The van der Waals surface area contributed by atoms with Crippen LogP contribution in [0.25, 0.3) is 10.9 Å². The van der Waals surface area contributed by atoms with Gasteiger partial charge in [0.15, 0.2) is 11.5 Å². The van der Waals surface area contributed by atoms with Gasteiger partial charge in [-0.05, 0) is 42.8 Å². The van der Waals surface area contributed by atoms with E-state index in [9.17, 15) is 13.2 Å². The van der Waals surface area contributed by atoms with Crippen molar-refractivity contribution in [1.82, 2.24) is 4.57 Å². The van der Waals surface area contributed by atoms with E-state index in [4.69, 9.17) is 21.1 Å². The van der Waals surface area contributed by atoms with Gasteiger partial charge in [0, 0.05) is 23.8 Å². The minimum atomic E-state index is -4.05. The summed E-state index contributed by atoms with van der Waals surface area (Å²) in [5.74, 6) is 0.916. The number of benzene rings is 3. The zero-order valence-electron chi connectivity index (χ0n) is 17.0. The van der Waals surface area contributed by atoms with Crippen molar-refractivity contribution in [2.24, 2.45) is 0 Å².